The quantitative estimate of drug-likeness (QED) is 0.815. The van der Waals surface area contributed by atoms with Crippen LogP contribution in [0.3, 0.4) is 0 Å². The van der Waals surface area contributed by atoms with Gasteiger partial charge >= 0.3 is 6.61 Å². The summed E-state index contributed by atoms with van der Waals surface area (Å²) < 4.78 is 28.1. The molecule has 6 heteroatoms. The number of amides is 1. The number of rotatable bonds is 4. The third-order valence-corrected chi connectivity index (χ3v) is 1.74. The number of halogens is 3. The van der Waals surface area contributed by atoms with Crippen LogP contribution in [0.1, 0.15) is 0 Å². The molecule has 1 amide bonds. The second-order valence-electron chi connectivity index (χ2n) is 2.56. The van der Waals surface area contributed by atoms with E-state index >= 15 is 0 Å². The molecule has 0 bridgehead atoms. The molecule has 0 aromatic heterocycles. The van der Waals surface area contributed by atoms with Crippen molar-refractivity contribution in [3.8, 4) is 5.75 Å². The van der Waals surface area contributed by atoms with Crippen LogP contribution in [0.2, 0.25) is 0 Å². The number of benzene rings is 1. The molecule has 15 heavy (non-hydrogen) atoms. The zero-order chi connectivity index (χ0) is 11.3. The molecule has 1 rings (SSSR count). The lowest BCUT2D eigenvalue weighted by Gasteiger charge is -2.10. The minimum Gasteiger partial charge on any atom is -0.433 e. The first-order chi connectivity index (χ1) is 7.13. The van der Waals surface area contributed by atoms with Crippen molar-refractivity contribution in [2.45, 2.75) is 6.61 Å². The number of hydrogen-bond donors (Lipinski definition) is 1. The van der Waals surface area contributed by atoms with Crippen molar-refractivity contribution < 1.29 is 18.3 Å². The van der Waals surface area contributed by atoms with Crippen molar-refractivity contribution >= 4 is 23.2 Å². The number of carbonyl (C=O) groups is 1. The van der Waals surface area contributed by atoms with Crippen molar-refractivity contribution in [1.82, 2.24) is 0 Å². The van der Waals surface area contributed by atoms with Gasteiger partial charge in [0.05, 0.1) is 5.69 Å². The van der Waals surface area contributed by atoms with Crippen LogP contribution >= 0.6 is 11.6 Å². The number of alkyl halides is 3. The van der Waals surface area contributed by atoms with E-state index in [1.165, 1.54) is 18.2 Å². The summed E-state index contributed by atoms with van der Waals surface area (Å²) in [4.78, 5) is 10.9. The molecule has 0 heterocycles. The summed E-state index contributed by atoms with van der Waals surface area (Å²) in [5.74, 6) is -0.823. The molecular formula is C9H8ClF2NO2. The molecule has 0 unspecified atom stereocenters. The maximum Gasteiger partial charge on any atom is 0.387 e. The first-order valence-electron chi connectivity index (χ1n) is 4.03. The van der Waals surface area contributed by atoms with Gasteiger partial charge in [0, 0.05) is 0 Å². The van der Waals surface area contributed by atoms with E-state index in [4.69, 9.17) is 11.6 Å². The maximum atomic E-state index is 12.0. The van der Waals surface area contributed by atoms with E-state index in [1.807, 2.05) is 0 Å². The number of ether oxygens (including phenoxy) is 1. The molecule has 0 aliphatic heterocycles. The van der Waals surface area contributed by atoms with E-state index in [2.05, 4.69) is 10.1 Å². The second-order valence-corrected chi connectivity index (χ2v) is 2.82. The number of para-hydroxylation sites is 2. The van der Waals surface area contributed by atoms with Gasteiger partial charge in [-0.3, -0.25) is 4.79 Å². The van der Waals surface area contributed by atoms with Crippen LogP contribution in [0.15, 0.2) is 24.3 Å². The first kappa shape index (κ1) is 11.7. The Labute approximate surface area is 90.0 Å². The summed E-state index contributed by atoms with van der Waals surface area (Å²) in [6.07, 6.45) is 0. The predicted molar refractivity (Wildman–Crippen MR) is 52.4 cm³/mol. The Morgan fingerprint density at radius 1 is 1.47 bits per heavy atom. The molecule has 0 spiro atoms. The van der Waals surface area contributed by atoms with Crippen LogP contribution in [-0.4, -0.2) is 18.4 Å². The summed E-state index contributed by atoms with van der Waals surface area (Å²) in [6, 6.07) is 5.88. The SMILES string of the molecule is O=C(CCl)Nc1ccccc1OC(F)F. The average Bonchev–Trinajstić information content (AvgIpc) is 2.20. The van der Waals surface area contributed by atoms with Crippen LogP contribution in [0.4, 0.5) is 14.5 Å². The lowest BCUT2D eigenvalue weighted by atomic mass is 10.3. The Morgan fingerprint density at radius 3 is 2.73 bits per heavy atom. The molecule has 0 aliphatic carbocycles. The van der Waals surface area contributed by atoms with Crippen molar-refractivity contribution in [2.24, 2.45) is 0 Å². The Bertz CT molecular complexity index is 347. The smallest absolute Gasteiger partial charge is 0.387 e. The fourth-order valence-electron chi connectivity index (χ4n) is 0.952. The Hall–Kier alpha value is -1.36. The molecule has 0 fully saturated rings. The van der Waals surface area contributed by atoms with Crippen molar-refractivity contribution in [3.05, 3.63) is 24.3 Å². The molecule has 1 aromatic carbocycles. The highest BCUT2D eigenvalue weighted by atomic mass is 35.5. The largest absolute Gasteiger partial charge is 0.433 e. The van der Waals surface area contributed by atoms with Gasteiger partial charge in [0.25, 0.3) is 0 Å². The fourth-order valence-corrected chi connectivity index (χ4v) is 1.02. The Kier molecular flexibility index (Phi) is 4.30. The standard InChI is InChI=1S/C9H8ClF2NO2/c10-5-8(14)13-6-3-1-2-4-7(6)15-9(11)12/h1-4,9H,5H2,(H,13,14). The minimum absolute atomic E-state index is 0.0917. The fraction of sp³-hybridized carbons (Fsp3) is 0.222. The van der Waals surface area contributed by atoms with E-state index in [-0.39, 0.29) is 17.3 Å². The molecule has 1 aromatic rings. The van der Waals surface area contributed by atoms with Gasteiger partial charge in [-0.1, -0.05) is 12.1 Å². The van der Waals surface area contributed by atoms with E-state index in [9.17, 15) is 13.6 Å². The van der Waals surface area contributed by atoms with E-state index in [0.717, 1.165) is 0 Å². The van der Waals surface area contributed by atoms with Gasteiger partial charge in [0.2, 0.25) is 5.91 Å². The van der Waals surface area contributed by atoms with Crippen LogP contribution in [-0.2, 0) is 4.79 Å². The highest BCUT2D eigenvalue weighted by Crippen LogP contribution is 2.25. The summed E-state index contributed by atoms with van der Waals surface area (Å²) in [5.41, 5.74) is 0.170. The van der Waals surface area contributed by atoms with Crippen LogP contribution in [0.5, 0.6) is 5.75 Å². The van der Waals surface area contributed by atoms with Crippen molar-refractivity contribution in [3.63, 3.8) is 0 Å². The summed E-state index contributed by atoms with van der Waals surface area (Å²) in [5, 5.41) is 2.34. The highest BCUT2D eigenvalue weighted by molar-refractivity contribution is 6.29. The molecule has 1 N–H and O–H groups in total. The molecule has 0 aliphatic rings. The summed E-state index contributed by atoms with van der Waals surface area (Å²) >= 11 is 5.26. The first-order valence-corrected chi connectivity index (χ1v) is 4.56. The Balaban J connectivity index is 2.81. The van der Waals surface area contributed by atoms with Crippen LogP contribution < -0.4 is 10.1 Å². The molecule has 0 atom stereocenters. The summed E-state index contributed by atoms with van der Waals surface area (Å²) in [7, 11) is 0. The molecule has 0 radical (unpaired) electrons. The topological polar surface area (TPSA) is 38.3 Å². The molecule has 0 saturated carbocycles. The number of carbonyl (C=O) groups excluding carboxylic acids is 1. The third kappa shape index (κ3) is 3.71. The van der Waals surface area contributed by atoms with Crippen LogP contribution in [0, 0.1) is 0 Å². The van der Waals surface area contributed by atoms with E-state index in [1.54, 1.807) is 6.07 Å². The molecule has 3 nitrogen and oxygen atoms in total. The Morgan fingerprint density at radius 2 is 2.13 bits per heavy atom. The number of anilines is 1. The zero-order valence-corrected chi connectivity index (χ0v) is 8.30. The molecule has 0 saturated heterocycles. The average molecular weight is 236 g/mol. The normalized spacial score (nSPS) is 10.1. The lowest BCUT2D eigenvalue weighted by Crippen LogP contribution is -2.14. The van der Waals surface area contributed by atoms with Gasteiger partial charge in [0.15, 0.2) is 0 Å². The van der Waals surface area contributed by atoms with Crippen molar-refractivity contribution in [2.75, 3.05) is 11.2 Å². The van der Waals surface area contributed by atoms with Gasteiger partial charge < -0.3 is 10.1 Å². The van der Waals surface area contributed by atoms with Gasteiger partial charge in [0.1, 0.15) is 11.6 Å². The zero-order valence-electron chi connectivity index (χ0n) is 7.54. The number of nitrogens with one attached hydrogen (secondary N) is 1. The minimum atomic E-state index is -2.93. The van der Waals surface area contributed by atoms with E-state index in [0.29, 0.717) is 0 Å². The lowest BCUT2D eigenvalue weighted by molar-refractivity contribution is -0.114. The third-order valence-electron chi connectivity index (χ3n) is 1.50. The van der Waals surface area contributed by atoms with Gasteiger partial charge in [-0.25, -0.2) is 0 Å². The van der Waals surface area contributed by atoms with Crippen LogP contribution in [0.25, 0.3) is 0 Å². The molecular weight excluding hydrogens is 228 g/mol. The van der Waals surface area contributed by atoms with Gasteiger partial charge in [-0.15, -0.1) is 11.6 Å². The van der Waals surface area contributed by atoms with E-state index < -0.39 is 12.5 Å². The van der Waals surface area contributed by atoms with Gasteiger partial charge in [-0.05, 0) is 12.1 Å². The summed E-state index contributed by atoms with van der Waals surface area (Å²) in [6.45, 7) is -2.93. The maximum absolute atomic E-state index is 12.0. The van der Waals surface area contributed by atoms with Gasteiger partial charge in [-0.2, -0.15) is 8.78 Å². The predicted octanol–water partition coefficient (Wildman–Crippen LogP) is 2.47. The second kappa shape index (κ2) is 5.50. The monoisotopic (exact) mass is 235 g/mol. The van der Waals surface area contributed by atoms with Crippen molar-refractivity contribution in [1.29, 1.82) is 0 Å². The highest BCUT2D eigenvalue weighted by Gasteiger charge is 2.10. The number of hydrogen-bond acceptors (Lipinski definition) is 2. The molecule has 82 valence electrons.